The molecule has 7 nitrogen and oxygen atoms in total. The van der Waals surface area contributed by atoms with Crippen LogP contribution in [0.1, 0.15) is 5.56 Å². The first-order chi connectivity index (χ1) is 15.0. The van der Waals surface area contributed by atoms with Gasteiger partial charge in [0.2, 0.25) is 0 Å². The molecule has 0 atom stereocenters. The molecule has 1 aromatic heterocycles. The molecule has 2 heterocycles. The van der Waals surface area contributed by atoms with E-state index in [-0.39, 0.29) is 18.3 Å². The number of fused-ring (bicyclic) bond motifs is 1. The van der Waals surface area contributed by atoms with E-state index in [9.17, 15) is 14.0 Å². The van der Waals surface area contributed by atoms with Gasteiger partial charge in [-0.05, 0) is 42.0 Å². The van der Waals surface area contributed by atoms with E-state index >= 15 is 0 Å². The second-order valence-corrected chi connectivity index (χ2v) is 7.35. The van der Waals surface area contributed by atoms with Crippen LogP contribution in [0.25, 0.3) is 11.0 Å². The van der Waals surface area contributed by atoms with Crippen LogP contribution in [-0.4, -0.2) is 55.6 Å². The Kier molecular flexibility index (Phi) is 6.18. The van der Waals surface area contributed by atoms with Crippen molar-refractivity contribution in [3.63, 3.8) is 0 Å². The van der Waals surface area contributed by atoms with Gasteiger partial charge in [0.15, 0.2) is 6.61 Å². The highest BCUT2D eigenvalue weighted by molar-refractivity contribution is 5.81. The SMILES string of the molecule is COc1ccc2c(CN3CCN(C(=O)COc4ccc(F)cc4)CC3)cc(=O)oc2c1. The summed E-state index contributed by atoms with van der Waals surface area (Å²) in [5.41, 5.74) is 0.976. The third kappa shape index (κ3) is 5.03. The van der Waals surface area contributed by atoms with Gasteiger partial charge in [-0.15, -0.1) is 0 Å². The summed E-state index contributed by atoms with van der Waals surface area (Å²) in [5, 5.41) is 0.867. The number of methoxy groups -OCH3 is 1. The Labute approximate surface area is 178 Å². The Morgan fingerprint density at radius 3 is 2.45 bits per heavy atom. The van der Waals surface area contributed by atoms with Crippen LogP contribution in [0.15, 0.2) is 57.7 Å². The number of amides is 1. The summed E-state index contributed by atoms with van der Waals surface area (Å²) in [4.78, 5) is 28.4. The topological polar surface area (TPSA) is 72.2 Å². The number of halogens is 1. The predicted molar refractivity (Wildman–Crippen MR) is 113 cm³/mol. The summed E-state index contributed by atoms with van der Waals surface area (Å²) in [5.74, 6) is 0.627. The zero-order valence-corrected chi connectivity index (χ0v) is 17.2. The van der Waals surface area contributed by atoms with E-state index < -0.39 is 5.63 Å². The van der Waals surface area contributed by atoms with Crippen LogP contribution in [0.5, 0.6) is 11.5 Å². The van der Waals surface area contributed by atoms with Gasteiger partial charge in [-0.25, -0.2) is 9.18 Å². The molecule has 0 saturated carbocycles. The summed E-state index contributed by atoms with van der Waals surface area (Å²) in [6.45, 7) is 3.00. The average molecular weight is 426 g/mol. The number of ether oxygens (including phenoxy) is 2. The van der Waals surface area contributed by atoms with Crippen LogP contribution in [0.3, 0.4) is 0 Å². The number of benzene rings is 2. The highest BCUT2D eigenvalue weighted by atomic mass is 19.1. The van der Waals surface area contributed by atoms with E-state index in [1.165, 1.54) is 30.3 Å². The first-order valence-corrected chi connectivity index (χ1v) is 10.0. The molecule has 31 heavy (non-hydrogen) atoms. The molecule has 0 radical (unpaired) electrons. The molecule has 1 amide bonds. The van der Waals surface area contributed by atoms with Crippen LogP contribution >= 0.6 is 0 Å². The van der Waals surface area contributed by atoms with Crippen molar-refractivity contribution in [1.82, 2.24) is 9.80 Å². The molecule has 0 spiro atoms. The van der Waals surface area contributed by atoms with E-state index in [0.29, 0.717) is 49.8 Å². The molecule has 1 aliphatic heterocycles. The standard InChI is InChI=1S/C23H23FN2O5/c1-29-19-6-7-20-16(12-23(28)31-21(20)13-19)14-25-8-10-26(11-9-25)22(27)15-30-18-4-2-17(24)3-5-18/h2-7,12-13H,8-11,14-15H2,1H3. The number of rotatable bonds is 6. The second-order valence-electron chi connectivity index (χ2n) is 7.35. The number of nitrogens with zero attached hydrogens (tertiary/aromatic N) is 2. The monoisotopic (exact) mass is 426 g/mol. The fourth-order valence-electron chi connectivity index (χ4n) is 3.63. The molecule has 2 aromatic carbocycles. The van der Waals surface area contributed by atoms with Gasteiger partial charge in [-0.2, -0.15) is 0 Å². The molecule has 1 fully saturated rings. The minimum Gasteiger partial charge on any atom is -0.497 e. The predicted octanol–water partition coefficient (Wildman–Crippen LogP) is 2.66. The number of hydrogen-bond acceptors (Lipinski definition) is 6. The van der Waals surface area contributed by atoms with Gasteiger partial charge >= 0.3 is 5.63 Å². The van der Waals surface area contributed by atoms with Crippen LogP contribution in [0.2, 0.25) is 0 Å². The summed E-state index contributed by atoms with van der Waals surface area (Å²) < 4.78 is 28.9. The number of carbonyl (C=O) groups is 1. The zero-order valence-electron chi connectivity index (χ0n) is 17.2. The van der Waals surface area contributed by atoms with Crippen LogP contribution in [0, 0.1) is 5.82 Å². The number of carbonyl (C=O) groups excluding carboxylic acids is 1. The molecule has 1 aliphatic rings. The van der Waals surface area contributed by atoms with E-state index in [1.807, 2.05) is 12.1 Å². The van der Waals surface area contributed by atoms with Gasteiger partial charge in [-0.3, -0.25) is 9.69 Å². The lowest BCUT2D eigenvalue weighted by atomic mass is 10.1. The molecule has 0 unspecified atom stereocenters. The maximum atomic E-state index is 12.9. The average Bonchev–Trinajstić information content (AvgIpc) is 2.78. The van der Waals surface area contributed by atoms with Gasteiger partial charge in [0.1, 0.15) is 22.9 Å². The lowest BCUT2D eigenvalue weighted by molar-refractivity contribution is -0.135. The van der Waals surface area contributed by atoms with Crippen molar-refractivity contribution in [1.29, 1.82) is 0 Å². The van der Waals surface area contributed by atoms with E-state index in [1.54, 1.807) is 18.1 Å². The van der Waals surface area contributed by atoms with Crippen molar-refractivity contribution in [3.8, 4) is 11.5 Å². The summed E-state index contributed by atoms with van der Waals surface area (Å²) in [6, 6.07) is 12.5. The Balaban J connectivity index is 1.34. The zero-order chi connectivity index (χ0) is 21.8. The van der Waals surface area contributed by atoms with Crippen LogP contribution in [0.4, 0.5) is 4.39 Å². The van der Waals surface area contributed by atoms with Crippen LogP contribution in [-0.2, 0) is 11.3 Å². The molecule has 0 aliphatic carbocycles. The molecule has 0 bridgehead atoms. The molecule has 0 N–H and O–H groups in total. The Morgan fingerprint density at radius 2 is 1.74 bits per heavy atom. The third-order valence-electron chi connectivity index (χ3n) is 5.33. The highest BCUT2D eigenvalue weighted by Crippen LogP contribution is 2.23. The van der Waals surface area contributed by atoms with Crippen molar-refractivity contribution >= 4 is 16.9 Å². The molecule has 162 valence electrons. The molecule has 8 heteroatoms. The summed E-state index contributed by atoms with van der Waals surface area (Å²) >= 11 is 0. The van der Waals surface area contributed by atoms with Crippen molar-refractivity contribution < 1.29 is 23.1 Å². The maximum Gasteiger partial charge on any atom is 0.336 e. The molecule has 1 saturated heterocycles. The summed E-state index contributed by atoms with van der Waals surface area (Å²) in [6.07, 6.45) is 0. The third-order valence-corrected chi connectivity index (χ3v) is 5.33. The smallest absolute Gasteiger partial charge is 0.336 e. The van der Waals surface area contributed by atoms with Gasteiger partial charge in [0.05, 0.1) is 7.11 Å². The van der Waals surface area contributed by atoms with E-state index in [2.05, 4.69) is 4.90 Å². The highest BCUT2D eigenvalue weighted by Gasteiger charge is 2.22. The Bertz CT molecular complexity index is 1120. The van der Waals surface area contributed by atoms with E-state index in [0.717, 1.165) is 10.9 Å². The van der Waals surface area contributed by atoms with Gasteiger partial charge in [0.25, 0.3) is 5.91 Å². The maximum absolute atomic E-state index is 12.9. The first-order valence-electron chi connectivity index (χ1n) is 10.0. The Hall–Kier alpha value is -3.39. The van der Waals surface area contributed by atoms with Crippen molar-refractivity contribution in [3.05, 3.63) is 70.3 Å². The number of piperazine rings is 1. The first kappa shape index (κ1) is 20.9. The minimum atomic E-state index is -0.400. The van der Waals surface area contributed by atoms with Gasteiger partial charge in [-0.1, -0.05) is 0 Å². The normalized spacial score (nSPS) is 14.6. The quantitative estimate of drug-likeness (QED) is 0.565. The fourth-order valence-corrected chi connectivity index (χ4v) is 3.63. The van der Waals surface area contributed by atoms with Crippen LogP contribution < -0.4 is 15.1 Å². The minimum absolute atomic E-state index is 0.0855. The van der Waals surface area contributed by atoms with Crippen molar-refractivity contribution in [2.75, 3.05) is 39.9 Å². The fraction of sp³-hybridized carbons (Fsp3) is 0.304. The van der Waals surface area contributed by atoms with E-state index in [4.69, 9.17) is 13.9 Å². The van der Waals surface area contributed by atoms with Crippen molar-refractivity contribution in [2.45, 2.75) is 6.54 Å². The van der Waals surface area contributed by atoms with Gasteiger partial charge < -0.3 is 18.8 Å². The second kappa shape index (κ2) is 9.18. The molecular weight excluding hydrogens is 403 g/mol. The lowest BCUT2D eigenvalue weighted by Crippen LogP contribution is -2.49. The largest absolute Gasteiger partial charge is 0.497 e. The molecule has 4 rings (SSSR count). The molecule has 3 aromatic rings. The van der Waals surface area contributed by atoms with Gasteiger partial charge in [0, 0.05) is 50.2 Å². The van der Waals surface area contributed by atoms with Crippen molar-refractivity contribution in [2.24, 2.45) is 0 Å². The summed E-state index contributed by atoms with van der Waals surface area (Å²) in [7, 11) is 1.56. The molecular formula is C23H23FN2O5. The number of hydrogen-bond donors (Lipinski definition) is 0. The Morgan fingerprint density at radius 1 is 1.03 bits per heavy atom. The lowest BCUT2D eigenvalue weighted by Gasteiger charge is -2.34.